The Bertz CT molecular complexity index is 354. The highest BCUT2D eigenvalue weighted by Gasteiger charge is 2.88. The van der Waals surface area contributed by atoms with Crippen molar-refractivity contribution in [2.24, 2.45) is 5.92 Å². The van der Waals surface area contributed by atoms with Gasteiger partial charge in [-0.15, -0.1) is 0 Å². The van der Waals surface area contributed by atoms with Gasteiger partial charge in [-0.2, -0.15) is 0 Å². The summed E-state index contributed by atoms with van der Waals surface area (Å²) in [6.45, 7) is 7.64. The van der Waals surface area contributed by atoms with E-state index in [0.29, 0.717) is 12.8 Å². The molecule has 17 heavy (non-hydrogen) atoms. The van der Waals surface area contributed by atoms with Gasteiger partial charge in [0.05, 0.1) is 16.5 Å². The quantitative estimate of drug-likeness (QED) is 0.659. The van der Waals surface area contributed by atoms with Crippen LogP contribution in [-0.4, -0.2) is 24.2 Å². The van der Waals surface area contributed by atoms with Crippen LogP contribution >= 0.6 is 0 Å². The molecule has 3 fully saturated rings. The number of halogens is 2. The second-order valence-corrected chi connectivity index (χ2v) is 6.70. The Hall–Kier alpha value is -0.155. The van der Waals surface area contributed by atoms with E-state index in [1.807, 2.05) is 27.7 Å². The monoisotopic (exact) mass is 244 g/mol. The molecule has 0 amide bonds. The second-order valence-electron chi connectivity index (χ2n) is 6.70. The molecule has 2 saturated carbocycles. The number of alkyl halides is 2. The first kappa shape index (κ1) is 11.9. The van der Waals surface area contributed by atoms with Gasteiger partial charge in [0.1, 0.15) is 0 Å². The molecule has 5 heteroatoms. The van der Waals surface area contributed by atoms with Crippen LogP contribution in [0.2, 0.25) is 5.31 Å². The van der Waals surface area contributed by atoms with E-state index in [-0.39, 0.29) is 0 Å². The Balaban J connectivity index is 1.89. The Kier molecular flexibility index (Phi) is 2.01. The molecule has 0 aromatic heterocycles. The molecule has 1 aliphatic heterocycles. The van der Waals surface area contributed by atoms with Crippen molar-refractivity contribution >= 4 is 7.12 Å². The van der Waals surface area contributed by atoms with Gasteiger partial charge in [0, 0.05) is 5.92 Å². The van der Waals surface area contributed by atoms with Crippen LogP contribution in [0.5, 0.6) is 0 Å². The average molecular weight is 244 g/mol. The van der Waals surface area contributed by atoms with Crippen molar-refractivity contribution in [3.05, 3.63) is 0 Å². The summed E-state index contributed by atoms with van der Waals surface area (Å²) in [5.41, 5.74) is -1.03. The van der Waals surface area contributed by atoms with Gasteiger partial charge in [0.2, 0.25) is 0 Å². The van der Waals surface area contributed by atoms with Crippen LogP contribution in [0.15, 0.2) is 0 Å². The molecule has 0 bridgehead atoms. The van der Waals surface area contributed by atoms with Gasteiger partial charge in [-0.05, 0) is 40.5 Å². The van der Waals surface area contributed by atoms with Crippen LogP contribution in [0.3, 0.4) is 0 Å². The van der Waals surface area contributed by atoms with Gasteiger partial charge in [-0.3, -0.25) is 0 Å². The van der Waals surface area contributed by atoms with E-state index in [1.54, 1.807) is 0 Å². The minimum absolute atomic E-state index is 0.516. The molecule has 1 saturated heterocycles. The smallest absolute Gasteiger partial charge is 0.403 e. The molecule has 0 spiro atoms. The van der Waals surface area contributed by atoms with Crippen molar-refractivity contribution in [1.29, 1.82) is 0 Å². The van der Waals surface area contributed by atoms with Crippen molar-refractivity contribution in [3.8, 4) is 0 Å². The van der Waals surface area contributed by atoms with Gasteiger partial charge >= 0.3 is 7.12 Å². The predicted octanol–water partition coefficient (Wildman–Crippen LogP) is 3.27. The van der Waals surface area contributed by atoms with Crippen molar-refractivity contribution < 1.29 is 18.1 Å². The minimum atomic E-state index is -2.59. The van der Waals surface area contributed by atoms with E-state index in [4.69, 9.17) is 9.31 Å². The van der Waals surface area contributed by atoms with Gasteiger partial charge in [0.25, 0.3) is 5.92 Å². The summed E-state index contributed by atoms with van der Waals surface area (Å²) >= 11 is 0. The third kappa shape index (κ3) is 1.17. The highest BCUT2D eigenvalue weighted by Crippen LogP contribution is 2.82. The first-order valence-electron chi connectivity index (χ1n) is 6.39. The number of rotatable bonds is 1. The van der Waals surface area contributed by atoms with Gasteiger partial charge in [-0.25, -0.2) is 8.78 Å². The lowest BCUT2D eigenvalue weighted by atomic mass is 9.66. The molecule has 0 N–H and O–H groups in total. The van der Waals surface area contributed by atoms with E-state index in [9.17, 15) is 8.78 Å². The van der Waals surface area contributed by atoms with Gasteiger partial charge < -0.3 is 9.31 Å². The highest BCUT2D eigenvalue weighted by atomic mass is 19.3. The summed E-state index contributed by atoms with van der Waals surface area (Å²) in [4.78, 5) is 0. The molecule has 0 aromatic carbocycles. The van der Waals surface area contributed by atoms with Crippen LogP contribution in [-0.2, 0) is 9.31 Å². The normalized spacial score (nSPS) is 44.8. The van der Waals surface area contributed by atoms with Crippen LogP contribution < -0.4 is 0 Å². The molecule has 2 atom stereocenters. The zero-order valence-electron chi connectivity index (χ0n) is 10.8. The fraction of sp³-hybridized carbons (Fsp3) is 1.00. The lowest BCUT2D eigenvalue weighted by molar-refractivity contribution is 0.00578. The minimum Gasteiger partial charge on any atom is -0.403 e. The van der Waals surface area contributed by atoms with Crippen molar-refractivity contribution in [1.82, 2.24) is 0 Å². The Labute approximate surface area is 101 Å². The van der Waals surface area contributed by atoms with Crippen molar-refractivity contribution in [2.45, 2.75) is 69.4 Å². The summed E-state index contributed by atoms with van der Waals surface area (Å²) in [6, 6.07) is 0. The van der Waals surface area contributed by atoms with E-state index in [0.717, 1.165) is 6.42 Å². The van der Waals surface area contributed by atoms with E-state index < -0.39 is 35.5 Å². The molecule has 0 aromatic rings. The Morgan fingerprint density at radius 2 is 1.59 bits per heavy atom. The van der Waals surface area contributed by atoms with Crippen LogP contribution in [0, 0.1) is 5.92 Å². The fourth-order valence-corrected chi connectivity index (χ4v) is 3.43. The van der Waals surface area contributed by atoms with E-state index in [1.165, 1.54) is 0 Å². The van der Waals surface area contributed by atoms with Crippen LogP contribution in [0.25, 0.3) is 0 Å². The van der Waals surface area contributed by atoms with Crippen molar-refractivity contribution in [2.75, 3.05) is 0 Å². The van der Waals surface area contributed by atoms with Gasteiger partial charge in [0.15, 0.2) is 0 Å². The van der Waals surface area contributed by atoms with Gasteiger partial charge in [-0.1, -0.05) is 6.42 Å². The summed E-state index contributed by atoms with van der Waals surface area (Å²) in [6.07, 6.45) is 2.00. The fourth-order valence-electron chi connectivity index (χ4n) is 3.43. The van der Waals surface area contributed by atoms with Crippen LogP contribution in [0.4, 0.5) is 8.78 Å². The summed E-state index contributed by atoms with van der Waals surface area (Å²) in [5, 5.41) is -1.03. The third-order valence-electron chi connectivity index (χ3n) is 5.35. The number of hydrogen-bond acceptors (Lipinski definition) is 2. The summed E-state index contributed by atoms with van der Waals surface area (Å²) in [5.74, 6) is -3.11. The van der Waals surface area contributed by atoms with Crippen molar-refractivity contribution in [3.63, 3.8) is 0 Å². The first-order chi connectivity index (χ1) is 7.65. The second kappa shape index (κ2) is 2.88. The number of fused-ring (bicyclic) bond motifs is 1. The van der Waals surface area contributed by atoms with Crippen LogP contribution in [0.1, 0.15) is 47.0 Å². The largest absolute Gasteiger partial charge is 0.471 e. The molecular formula is C12H19BF2O2. The molecule has 3 aliphatic rings. The Morgan fingerprint density at radius 1 is 1.06 bits per heavy atom. The molecule has 2 unspecified atom stereocenters. The average Bonchev–Trinajstić information content (AvgIpc) is 2.53. The molecule has 96 valence electrons. The van der Waals surface area contributed by atoms with E-state index >= 15 is 0 Å². The lowest BCUT2D eigenvalue weighted by Crippen LogP contribution is -2.41. The zero-order valence-corrected chi connectivity index (χ0v) is 10.8. The molecular weight excluding hydrogens is 225 g/mol. The molecule has 2 aliphatic carbocycles. The van der Waals surface area contributed by atoms with E-state index in [2.05, 4.69) is 0 Å². The maximum atomic E-state index is 13.9. The molecule has 0 radical (unpaired) electrons. The maximum absolute atomic E-state index is 13.9. The molecule has 2 nitrogen and oxygen atoms in total. The molecule has 3 rings (SSSR count). The standard InChI is InChI=1S/C12H19BF2O2/c1-9(2)10(3,4)17-13(16-9)11-7-5-6-8(11)12(11,14)15/h8H,5-7H2,1-4H3. The highest BCUT2D eigenvalue weighted by molar-refractivity contribution is 6.52. The molecule has 1 heterocycles. The Morgan fingerprint density at radius 3 is 2.00 bits per heavy atom. The SMILES string of the molecule is CC1(C)OB(C23CCCC2C3(F)F)OC1(C)C. The summed E-state index contributed by atoms with van der Waals surface area (Å²) < 4.78 is 39.4. The lowest BCUT2D eigenvalue weighted by Gasteiger charge is -2.32. The predicted molar refractivity (Wildman–Crippen MR) is 61.1 cm³/mol. The first-order valence-corrected chi connectivity index (χ1v) is 6.39. The maximum Gasteiger partial charge on any atom is 0.471 e. The zero-order chi connectivity index (χ0) is 12.7. The number of hydrogen-bond donors (Lipinski definition) is 0. The third-order valence-corrected chi connectivity index (χ3v) is 5.35. The topological polar surface area (TPSA) is 18.5 Å². The summed E-state index contributed by atoms with van der Waals surface area (Å²) in [7, 11) is -0.741.